The SMILES string of the molecule is COC(=O)c1cccc(COC2CCN(c3ccc(CC(=O)c4sc5ccc(-c6ccccc6)cc5c4C)cn3)CC2)c1. The zero-order valence-electron chi connectivity index (χ0n) is 24.4. The molecule has 1 saturated heterocycles. The highest BCUT2D eigenvalue weighted by molar-refractivity contribution is 7.21. The Kier molecular flexibility index (Phi) is 8.63. The summed E-state index contributed by atoms with van der Waals surface area (Å²) in [6, 6.07) is 28.2. The van der Waals surface area contributed by atoms with Gasteiger partial charge in [-0.25, -0.2) is 9.78 Å². The standard InChI is InChI=1S/C36H34N2O4S/c1-24-31-21-28(27-8-4-3-5-9-27)12-13-33(31)43-35(24)32(39)20-25-11-14-34(37-22-25)38-17-15-30(16-18-38)42-23-26-7-6-10-29(19-26)36(40)41-2/h3-14,19,21-22,30H,15-18,20,23H2,1-2H3. The molecule has 2 aromatic heterocycles. The van der Waals surface area contributed by atoms with E-state index in [-0.39, 0.29) is 17.9 Å². The molecule has 3 heterocycles. The number of fused-ring (bicyclic) bond motifs is 1. The van der Waals surface area contributed by atoms with Gasteiger partial charge in [-0.1, -0.05) is 54.6 Å². The first-order valence-electron chi connectivity index (χ1n) is 14.6. The number of hydrogen-bond acceptors (Lipinski definition) is 7. The molecule has 6 nitrogen and oxygen atoms in total. The van der Waals surface area contributed by atoms with Crippen molar-refractivity contribution >= 4 is 39.0 Å². The van der Waals surface area contributed by atoms with Crippen molar-refractivity contribution in [1.82, 2.24) is 4.98 Å². The number of aromatic nitrogens is 1. The lowest BCUT2D eigenvalue weighted by molar-refractivity contribution is 0.0250. The number of piperidine rings is 1. The second kappa shape index (κ2) is 12.9. The number of Topliss-reactive ketones (excluding diaryl/α,β-unsaturated/α-hetero) is 1. The van der Waals surface area contributed by atoms with Crippen LogP contribution in [-0.2, 0) is 22.5 Å². The van der Waals surface area contributed by atoms with E-state index >= 15 is 0 Å². The van der Waals surface area contributed by atoms with Gasteiger partial charge in [0.15, 0.2) is 5.78 Å². The first-order valence-corrected chi connectivity index (χ1v) is 15.4. The highest BCUT2D eigenvalue weighted by Gasteiger charge is 2.22. The van der Waals surface area contributed by atoms with Crippen LogP contribution in [0.3, 0.4) is 0 Å². The summed E-state index contributed by atoms with van der Waals surface area (Å²) in [6.07, 6.45) is 4.12. The molecule has 43 heavy (non-hydrogen) atoms. The Bertz CT molecular complexity index is 1740. The van der Waals surface area contributed by atoms with Crippen LogP contribution >= 0.6 is 11.3 Å². The summed E-state index contributed by atoms with van der Waals surface area (Å²) in [5.74, 6) is 0.711. The number of ether oxygens (including phenoxy) is 2. The van der Waals surface area contributed by atoms with Crippen LogP contribution in [0.4, 0.5) is 5.82 Å². The van der Waals surface area contributed by atoms with E-state index in [4.69, 9.17) is 14.5 Å². The summed E-state index contributed by atoms with van der Waals surface area (Å²) in [6.45, 7) is 4.22. The van der Waals surface area contributed by atoms with Crippen molar-refractivity contribution in [3.8, 4) is 11.1 Å². The number of thiophene rings is 1. The van der Waals surface area contributed by atoms with Crippen molar-refractivity contribution in [3.05, 3.63) is 118 Å². The lowest BCUT2D eigenvalue weighted by Gasteiger charge is -2.32. The minimum absolute atomic E-state index is 0.129. The van der Waals surface area contributed by atoms with E-state index < -0.39 is 0 Å². The van der Waals surface area contributed by atoms with E-state index in [2.05, 4.69) is 42.2 Å². The molecule has 1 aliphatic heterocycles. The third-order valence-corrected chi connectivity index (χ3v) is 9.38. The summed E-state index contributed by atoms with van der Waals surface area (Å²) in [5.41, 5.74) is 5.80. The van der Waals surface area contributed by atoms with Gasteiger partial charge in [0.05, 0.1) is 30.3 Å². The number of aryl methyl sites for hydroxylation is 1. The van der Waals surface area contributed by atoms with Gasteiger partial charge in [0, 0.05) is 30.4 Å². The van der Waals surface area contributed by atoms with Crippen molar-refractivity contribution < 1.29 is 19.1 Å². The van der Waals surface area contributed by atoms with Gasteiger partial charge in [-0.05, 0) is 83.3 Å². The lowest BCUT2D eigenvalue weighted by atomic mass is 10.0. The fraction of sp³-hybridized carbons (Fsp3) is 0.250. The number of anilines is 1. The molecule has 0 aliphatic carbocycles. The number of nitrogens with zero attached hydrogens (tertiary/aromatic N) is 2. The van der Waals surface area contributed by atoms with Crippen molar-refractivity contribution in [2.24, 2.45) is 0 Å². The normalized spacial score (nSPS) is 13.8. The van der Waals surface area contributed by atoms with Crippen molar-refractivity contribution in [2.75, 3.05) is 25.1 Å². The zero-order chi connectivity index (χ0) is 29.8. The number of esters is 1. The molecule has 0 bridgehead atoms. The first kappa shape index (κ1) is 28.8. The minimum atomic E-state index is -0.342. The smallest absolute Gasteiger partial charge is 0.337 e. The van der Waals surface area contributed by atoms with E-state index in [0.29, 0.717) is 18.6 Å². The number of pyridine rings is 1. The van der Waals surface area contributed by atoms with Crippen molar-refractivity contribution in [3.63, 3.8) is 0 Å². The maximum atomic E-state index is 13.3. The Morgan fingerprint density at radius 2 is 1.72 bits per heavy atom. The van der Waals surface area contributed by atoms with Gasteiger partial charge in [-0.15, -0.1) is 11.3 Å². The molecular formula is C36H34N2O4S. The van der Waals surface area contributed by atoms with Crippen LogP contribution in [0.2, 0.25) is 0 Å². The molecule has 7 heteroatoms. The zero-order valence-corrected chi connectivity index (χ0v) is 25.2. The molecule has 218 valence electrons. The van der Waals surface area contributed by atoms with Gasteiger partial charge in [0.25, 0.3) is 0 Å². The Hall–Kier alpha value is -4.33. The minimum Gasteiger partial charge on any atom is -0.465 e. The Labute approximate surface area is 255 Å². The number of carbonyl (C=O) groups excluding carboxylic acids is 2. The fourth-order valence-electron chi connectivity index (χ4n) is 5.64. The van der Waals surface area contributed by atoms with Gasteiger partial charge < -0.3 is 14.4 Å². The average Bonchev–Trinajstić information content (AvgIpc) is 3.40. The third kappa shape index (κ3) is 6.53. The molecule has 0 unspecified atom stereocenters. The number of rotatable bonds is 9. The van der Waals surface area contributed by atoms with E-state index in [1.807, 2.05) is 54.7 Å². The van der Waals surface area contributed by atoms with Crippen LogP contribution in [0.15, 0.2) is 91.1 Å². The van der Waals surface area contributed by atoms with Crippen molar-refractivity contribution in [2.45, 2.75) is 38.9 Å². The maximum Gasteiger partial charge on any atom is 0.337 e. The number of carbonyl (C=O) groups is 2. The summed E-state index contributed by atoms with van der Waals surface area (Å²) in [7, 11) is 1.38. The van der Waals surface area contributed by atoms with Crippen LogP contribution in [-0.4, -0.2) is 43.0 Å². The number of benzene rings is 3. The Morgan fingerprint density at radius 1 is 0.907 bits per heavy atom. The van der Waals surface area contributed by atoms with E-state index in [1.54, 1.807) is 17.4 Å². The topological polar surface area (TPSA) is 68.7 Å². The van der Waals surface area contributed by atoms with E-state index in [1.165, 1.54) is 12.7 Å². The van der Waals surface area contributed by atoms with Gasteiger partial charge in [0.1, 0.15) is 5.82 Å². The second-order valence-corrected chi connectivity index (χ2v) is 12.0. The fourth-order valence-corrected chi connectivity index (χ4v) is 6.77. The van der Waals surface area contributed by atoms with Gasteiger partial charge in [0.2, 0.25) is 0 Å². The molecule has 1 aliphatic rings. The molecule has 5 aromatic rings. The quantitative estimate of drug-likeness (QED) is 0.130. The molecule has 0 saturated carbocycles. The number of hydrogen-bond donors (Lipinski definition) is 0. The van der Waals surface area contributed by atoms with Gasteiger partial charge >= 0.3 is 5.97 Å². The molecule has 0 N–H and O–H groups in total. The second-order valence-electron chi connectivity index (χ2n) is 10.9. The third-order valence-electron chi connectivity index (χ3n) is 8.07. The average molecular weight is 591 g/mol. The molecule has 6 rings (SSSR count). The van der Waals surface area contributed by atoms with Crippen LogP contribution in [0, 0.1) is 6.92 Å². The molecular weight excluding hydrogens is 556 g/mol. The monoisotopic (exact) mass is 590 g/mol. The molecule has 0 atom stereocenters. The molecule has 3 aromatic carbocycles. The number of ketones is 1. The molecule has 0 amide bonds. The van der Waals surface area contributed by atoms with Crippen LogP contribution in [0.25, 0.3) is 21.2 Å². The summed E-state index contributed by atoms with van der Waals surface area (Å²) in [4.78, 5) is 32.9. The van der Waals surface area contributed by atoms with Gasteiger partial charge in [-0.2, -0.15) is 0 Å². The maximum absolute atomic E-state index is 13.3. The first-order chi connectivity index (χ1) is 21.0. The van der Waals surface area contributed by atoms with Crippen molar-refractivity contribution in [1.29, 1.82) is 0 Å². The molecule has 0 spiro atoms. The highest BCUT2D eigenvalue weighted by Crippen LogP contribution is 2.35. The summed E-state index contributed by atoms with van der Waals surface area (Å²) < 4.78 is 12.1. The Balaban J connectivity index is 1.03. The largest absolute Gasteiger partial charge is 0.465 e. The molecule has 1 fully saturated rings. The van der Waals surface area contributed by atoms with Gasteiger partial charge in [-0.3, -0.25) is 4.79 Å². The predicted molar refractivity (Wildman–Crippen MR) is 172 cm³/mol. The molecule has 0 radical (unpaired) electrons. The lowest BCUT2D eigenvalue weighted by Crippen LogP contribution is -2.37. The predicted octanol–water partition coefficient (Wildman–Crippen LogP) is 7.67. The highest BCUT2D eigenvalue weighted by atomic mass is 32.1. The van der Waals surface area contributed by atoms with Crippen LogP contribution in [0.5, 0.6) is 0 Å². The van der Waals surface area contributed by atoms with Crippen LogP contribution < -0.4 is 4.90 Å². The van der Waals surface area contributed by atoms with E-state index in [0.717, 1.165) is 69.0 Å². The van der Waals surface area contributed by atoms with Crippen LogP contribution in [0.1, 0.15) is 49.6 Å². The summed E-state index contributed by atoms with van der Waals surface area (Å²) >= 11 is 1.58. The number of methoxy groups -OCH3 is 1. The Morgan fingerprint density at radius 3 is 2.47 bits per heavy atom. The van der Waals surface area contributed by atoms with E-state index in [9.17, 15) is 9.59 Å². The summed E-state index contributed by atoms with van der Waals surface area (Å²) in [5, 5.41) is 1.14.